The lowest BCUT2D eigenvalue weighted by molar-refractivity contribution is 0.0234. The second-order valence-corrected chi connectivity index (χ2v) is 3.46. The lowest BCUT2D eigenvalue weighted by atomic mass is 10.2. The van der Waals surface area contributed by atoms with Gasteiger partial charge in [-0.1, -0.05) is 36.4 Å². The minimum Gasteiger partial charge on any atom is -0.297 e. The van der Waals surface area contributed by atoms with Gasteiger partial charge in [-0.05, 0) is 17.2 Å². The van der Waals surface area contributed by atoms with Gasteiger partial charge >= 0.3 is 0 Å². The summed E-state index contributed by atoms with van der Waals surface area (Å²) in [5, 5.41) is 0. The molecule has 1 aromatic carbocycles. The van der Waals surface area contributed by atoms with Crippen molar-refractivity contribution < 1.29 is 4.84 Å². The van der Waals surface area contributed by atoms with E-state index in [0.717, 1.165) is 11.1 Å². The maximum Gasteiger partial charge on any atom is 0.0933 e. The molecule has 3 heteroatoms. The van der Waals surface area contributed by atoms with E-state index in [1.165, 1.54) is 0 Å². The average molecular weight is 214 g/mol. The van der Waals surface area contributed by atoms with Gasteiger partial charge in [-0.25, -0.2) is 0 Å². The first kappa shape index (κ1) is 10.8. The van der Waals surface area contributed by atoms with Crippen LogP contribution in [0.1, 0.15) is 11.1 Å². The van der Waals surface area contributed by atoms with Crippen LogP contribution in [0.5, 0.6) is 0 Å². The monoisotopic (exact) mass is 214 g/mol. The third kappa shape index (κ3) is 3.46. The van der Waals surface area contributed by atoms with Gasteiger partial charge in [-0.15, -0.1) is 0 Å². The molecule has 2 rings (SSSR count). The third-order valence-corrected chi connectivity index (χ3v) is 2.18. The number of benzene rings is 1. The minimum atomic E-state index is 0.571. The first-order chi connectivity index (χ1) is 7.95. The zero-order valence-corrected chi connectivity index (χ0v) is 8.97. The van der Waals surface area contributed by atoms with Crippen LogP contribution in [0.3, 0.4) is 0 Å². The topological polar surface area (TPSA) is 34.1 Å². The zero-order valence-electron chi connectivity index (χ0n) is 8.97. The Morgan fingerprint density at radius 3 is 2.56 bits per heavy atom. The predicted octanol–water partition coefficient (Wildman–Crippen LogP) is 2.30. The molecule has 0 unspecified atom stereocenters. The van der Waals surface area contributed by atoms with Crippen LogP contribution in [0, 0.1) is 0 Å². The molecule has 0 amide bonds. The van der Waals surface area contributed by atoms with Crippen molar-refractivity contribution in [1.82, 2.24) is 10.5 Å². The van der Waals surface area contributed by atoms with Gasteiger partial charge in [0.05, 0.1) is 6.61 Å². The molecule has 0 bridgehead atoms. The highest BCUT2D eigenvalue weighted by molar-refractivity contribution is 5.13. The minimum absolute atomic E-state index is 0.571. The quantitative estimate of drug-likeness (QED) is 0.612. The summed E-state index contributed by atoms with van der Waals surface area (Å²) in [5.41, 5.74) is 5.17. The number of rotatable bonds is 5. The molecule has 0 saturated heterocycles. The zero-order chi connectivity index (χ0) is 11.1. The lowest BCUT2D eigenvalue weighted by Crippen LogP contribution is -2.13. The third-order valence-electron chi connectivity index (χ3n) is 2.18. The number of aromatic nitrogens is 1. The van der Waals surface area contributed by atoms with Crippen molar-refractivity contribution in [2.45, 2.75) is 13.2 Å². The Morgan fingerprint density at radius 1 is 1.00 bits per heavy atom. The molecule has 0 spiro atoms. The molecule has 1 heterocycles. The van der Waals surface area contributed by atoms with E-state index in [1.807, 2.05) is 48.7 Å². The Kier molecular flexibility index (Phi) is 4.05. The molecule has 0 radical (unpaired) electrons. The van der Waals surface area contributed by atoms with E-state index in [9.17, 15) is 0 Å². The summed E-state index contributed by atoms with van der Waals surface area (Å²) in [6, 6.07) is 14.0. The summed E-state index contributed by atoms with van der Waals surface area (Å²) in [5.74, 6) is 0. The molecular formula is C13H14N2O. The van der Waals surface area contributed by atoms with Crippen molar-refractivity contribution >= 4 is 0 Å². The second-order valence-electron chi connectivity index (χ2n) is 3.46. The van der Waals surface area contributed by atoms with Gasteiger partial charge in [0.25, 0.3) is 0 Å². The molecule has 0 atom stereocenters. The summed E-state index contributed by atoms with van der Waals surface area (Å²) >= 11 is 0. The van der Waals surface area contributed by atoms with Crippen LogP contribution in [-0.4, -0.2) is 4.98 Å². The molecule has 2 aromatic rings. The van der Waals surface area contributed by atoms with Crippen molar-refractivity contribution in [2.75, 3.05) is 0 Å². The SMILES string of the molecule is c1ccc(CONCc2cccnc2)cc1. The lowest BCUT2D eigenvalue weighted by Gasteiger charge is -2.05. The fourth-order valence-electron chi connectivity index (χ4n) is 1.35. The van der Waals surface area contributed by atoms with E-state index < -0.39 is 0 Å². The van der Waals surface area contributed by atoms with Crippen LogP contribution in [0.15, 0.2) is 54.9 Å². The standard InChI is InChI=1S/C13H14N2O/c1-2-5-12(6-3-1)11-16-15-10-13-7-4-8-14-9-13/h1-9,15H,10-11H2. The van der Waals surface area contributed by atoms with Gasteiger partial charge < -0.3 is 0 Å². The number of nitrogens with zero attached hydrogens (tertiary/aromatic N) is 1. The summed E-state index contributed by atoms with van der Waals surface area (Å²) in [6.45, 7) is 1.24. The van der Waals surface area contributed by atoms with Crippen LogP contribution in [0.25, 0.3) is 0 Å². The van der Waals surface area contributed by atoms with Gasteiger partial charge in [0.15, 0.2) is 0 Å². The van der Waals surface area contributed by atoms with Crippen LogP contribution >= 0.6 is 0 Å². The molecule has 82 valence electrons. The predicted molar refractivity (Wildman–Crippen MR) is 62.3 cm³/mol. The van der Waals surface area contributed by atoms with E-state index in [4.69, 9.17) is 4.84 Å². The Morgan fingerprint density at radius 2 is 1.81 bits per heavy atom. The first-order valence-corrected chi connectivity index (χ1v) is 5.22. The highest BCUT2D eigenvalue weighted by Gasteiger charge is 1.93. The van der Waals surface area contributed by atoms with Gasteiger partial charge in [0, 0.05) is 18.9 Å². The second kappa shape index (κ2) is 6.00. The van der Waals surface area contributed by atoms with Gasteiger partial charge in [-0.2, -0.15) is 5.48 Å². The molecule has 0 aliphatic rings. The average Bonchev–Trinajstić information content (AvgIpc) is 2.37. The van der Waals surface area contributed by atoms with Crippen LogP contribution < -0.4 is 5.48 Å². The number of hydrogen-bond donors (Lipinski definition) is 1. The molecule has 16 heavy (non-hydrogen) atoms. The van der Waals surface area contributed by atoms with Gasteiger partial charge in [-0.3, -0.25) is 9.82 Å². The van der Waals surface area contributed by atoms with E-state index in [0.29, 0.717) is 13.2 Å². The van der Waals surface area contributed by atoms with Crippen molar-refractivity contribution in [3.63, 3.8) is 0 Å². The first-order valence-electron chi connectivity index (χ1n) is 5.22. The number of nitrogens with one attached hydrogen (secondary N) is 1. The maximum absolute atomic E-state index is 5.35. The smallest absolute Gasteiger partial charge is 0.0933 e. The fraction of sp³-hybridized carbons (Fsp3) is 0.154. The summed E-state index contributed by atoms with van der Waals surface area (Å²) < 4.78 is 0. The van der Waals surface area contributed by atoms with Crippen LogP contribution in [-0.2, 0) is 18.0 Å². The highest BCUT2D eigenvalue weighted by Crippen LogP contribution is 2.00. The molecule has 0 saturated carbocycles. The molecule has 1 aromatic heterocycles. The van der Waals surface area contributed by atoms with Crippen LogP contribution in [0.4, 0.5) is 0 Å². The van der Waals surface area contributed by atoms with Crippen LogP contribution in [0.2, 0.25) is 0 Å². The summed E-state index contributed by atoms with van der Waals surface area (Å²) in [6.07, 6.45) is 3.58. The summed E-state index contributed by atoms with van der Waals surface area (Å²) in [4.78, 5) is 9.37. The van der Waals surface area contributed by atoms with Gasteiger partial charge in [0.1, 0.15) is 0 Å². The van der Waals surface area contributed by atoms with Gasteiger partial charge in [0.2, 0.25) is 0 Å². The largest absolute Gasteiger partial charge is 0.297 e. The fourth-order valence-corrected chi connectivity index (χ4v) is 1.35. The Balaban J connectivity index is 1.70. The van der Waals surface area contributed by atoms with Crippen molar-refractivity contribution in [3.05, 3.63) is 66.0 Å². The number of hydroxylamine groups is 1. The molecule has 1 N–H and O–H groups in total. The molecule has 0 fully saturated rings. The van der Waals surface area contributed by atoms with E-state index in [-0.39, 0.29) is 0 Å². The molecular weight excluding hydrogens is 200 g/mol. The van der Waals surface area contributed by atoms with E-state index in [2.05, 4.69) is 10.5 Å². The maximum atomic E-state index is 5.35. The van der Waals surface area contributed by atoms with Crippen molar-refractivity contribution in [1.29, 1.82) is 0 Å². The summed E-state index contributed by atoms with van der Waals surface area (Å²) in [7, 11) is 0. The van der Waals surface area contributed by atoms with Crippen molar-refractivity contribution in [2.24, 2.45) is 0 Å². The molecule has 0 aliphatic heterocycles. The number of pyridine rings is 1. The highest BCUT2D eigenvalue weighted by atomic mass is 16.6. The number of hydrogen-bond acceptors (Lipinski definition) is 3. The molecule has 3 nitrogen and oxygen atoms in total. The van der Waals surface area contributed by atoms with E-state index >= 15 is 0 Å². The Labute approximate surface area is 95.1 Å². The van der Waals surface area contributed by atoms with E-state index in [1.54, 1.807) is 6.20 Å². The Hall–Kier alpha value is -1.71. The molecule has 0 aliphatic carbocycles. The van der Waals surface area contributed by atoms with Crippen molar-refractivity contribution in [3.8, 4) is 0 Å². The normalized spacial score (nSPS) is 10.2. The Bertz CT molecular complexity index is 361.